The molecule has 0 atom stereocenters. The van der Waals surface area contributed by atoms with Gasteiger partial charge in [0.2, 0.25) is 0 Å². The van der Waals surface area contributed by atoms with E-state index < -0.39 is 11.9 Å². The van der Waals surface area contributed by atoms with Crippen LogP contribution in [0.25, 0.3) is 0 Å². The number of benzene rings is 1. The molecule has 1 aliphatic carbocycles. The number of aromatic hydroxyl groups is 1. The summed E-state index contributed by atoms with van der Waals surface area (Å²) in [5.74, 6) is -1.27. The van der Waals surface area contributed by atoms with Gasteiger partial charge < -0.3 is 19.3 Å². The molecule has 1 N–H and O–H groups in total. The predicted molar refractivity (Wildman–Crippen MR) is 96.6 cm³/mol. The van der Waals surface area contributed by atoms with E-state index in [2.05, 4.69) is 0 Å². The van der Waals surface area contributed by atoms with Crippen molar-refractivity contribution in [1.29, 1.82) is 0 Å². The Bertz CT molecular complexity index is 675. The lowest BCUT2D eigenvalue weighted by Crippen LogP contribution is -2.27. The molecule has 1 aromatic carbocycles. The molecule has 0 unspecified atom stereocenters. The molecule has 2 rings (SSSR count). The van der Waals surface area contributed by atoms with Gasteiger partial charge in [-0.05, 0) is 57.7 Å². The lowest BCUT2D eigenvalue weighted by atomic mass is 9.80. The molecular weight excluding hydrogens is 352 g/mol. The first-order valence-corrected chi connectivity index (χ1v) is 9.22. The number of ketones is 1. The average molecular weight is 378 g/mol. The first-order valence-electron chi connectivity index (χ1n) is 9.22. The van der Waals surface area contributed by atoms with Crippen molar-refractivity contribution in [3.63, 3.8) is 0 Å². The summed E-state index contributed by atoms with van der Waals surface area (Å²) in [4.78, 5) is 35.8. The van der Waals surface area contributed by atoms with Crippen molar-refractivity contribution in [3.8, 4) is 11.5 Å². The summed E-state index contributed by atoms with van der Waals surface area (Å²) in [6, 6.07) is 4.00. The second-order valence-corrected chi connectivity index (χ2v) is 6.59. The van der Waals surface area contributed by atoms with Crippen LogP contribution in [0.15, 0.2) is 18.2 Å². The van der Waals surface area contributed by atoms with E-state index in [-0.39, 0.29) is 47.9 Å². The zero-order chi connectivity index (χ0) is 19.8. The van der Waals surface area contributed by atoms with E-state index in [0.717, 1.165) is 0 Å². The van der Waals surface area contributed by atoms with Gasteiger partial charge in [-0.15, -0.1) is 0 Å². The molecule has 1 saturated carbocycles. The van der Waals surface area contributed by atoms with Gasteiger partial charge in [0.1, 0.15) is 29.5 Å². The molecule has 0 heterocycles. The fraction of sp³-hybridized carbons (Fsp3) is 0.550. The van der Waals surface area contributed by atoms with Crippen LogP contribution in [0, 0.1) is 11.8 Å². The second kappa shape index (κ2) is 10.1. The standard InChI is InChI=1S/C20H26O7/c1-3-25-10-11-26-20(24)17-12-16(8-9-18(17)22)27-19(23)15-6-4-14(5-7-15)13(2)21/h8-9,12,14-15,22H,3-7,10-11H2,1-2H3. The van der Waals surface area contributed by atoms with Crippen LogP contribution in [0.5, 0.6) is 11.5 Å². The number of hydrogen-bond acceptors (Lipinski definition) is 7. The summed E-state index contributed by atoms with van der Waals surface area (Å²) in [6.45, 7) is 4.26. The van der Waals surface area contributed by atoms with Crippen LogP contribution in [0.3, 0.4) is 0 Å². The number of esters is 2. The summed E-state index contributed by atoms with van der Waals surface area (Å²) in [5, 5.41) is 9.87. The summed E-state index contributed by atoms with van der Waals surface area (Å²) in [7, 11) is 0. The van der Waals surface area contributed by atoms with Crippen LogP contribution in [0.4, 0.5) is 0 Å². The quantitative estimate of drug-likeness (QED) is 0.422. The molecule has 0 aliphatic heterocycles. The average Bonchev–Trinajstić information content (AvgIpc) is 2.66. The highest BCUT2D eigenvalue weighted by Crippen LogP contribution is 2.31. The third-order valence-electron chi connectivity index (χ3n) is 4.71. The predicted octanol–water partition coefficient (Wildman–Crippen LogP) is 2.89. The normalized spacial score (nSPS) is 19.3. The molecule has 0 spiro atoms. The molecule has 7 nitrogen and oxygen atoms in total. The number of rotatable bonds is 8. The summed E-state index contributed by atoms with van der Waals surface area (Å²) < 4.78 is 15.5. The van der Waals surface area contributed by atoms with Gasteiger partial charge in [-0.3, -0.25) is 9.59 Å². The van der Waals surface area contributed by atoms with Crippen LogP contribution in [-0.2, 0) is 19.1 Å². The molecule has 0 aromatic heterocycles. The highest BCUT2D eigenvalue weighted by molar-refractivity contribution is 5.93. The molecule has 1 fully saturated rings. The highest BCUT2D eigenvalue weighted by atomic mass is 16.6. The SMILES string of the molecule is CCOCCOC(=O)c1cc(OC(=O)C2CCC(C(C)=O)CC2)ccc1O. The zero-order valence-electron chi connectivity index (χ0n) is 15.7. The molecule has 7 heteroatoms. The number of ether oxygens (including phenoxy) is 3. The fourth-order valence-electron chi connectivity index (χ4n) is 3.09. The van der Waals surface area contributed by atoms with Gasteiger partial charge in [0.05, 0.1) is 12.5 Å². The van der Waals surface area contributed by atoms with E-state index in [1.54, 1.807) is 6.92 Å². The van der Waals surface area contributed by atoms with Crippen molar-refractivity contribution in [2.45, 2.75) is 39.5 Å². The topological polar surface area (TPSA) is 99.1 Å². The Labute approximate surface area is 158 Å². The van der Waals surface area contributed by atoms with Crippen molar-refractivity contribution in [3.05, 3.63) is 23.8 Å². The second-order valence-electron chi connectivity index (χ2n) is 6.59. The summed E-state index contributed by atoms with van der Waals surface area (Å²) >= 11 is 0. The van der Waals surface area contributed by atoms with Crippen LogP contribution < -0.4 is 4.74 Å². The first-order chi connectivity index (χ1) is 12.9. The van der Waals surface area contributed by atoms with E-state index >= 15 is 0 Å². The van der Waals surface area contributed by atoms with Gasteiger partial charge in [0, 0.05) is 12.5 Å². The molecule has 0 saturated heterocycles. The van der Waals surface area contributed by atoms with Gasteiger partial charge in [0.25, 0.3) is 0 Å². The smallest absolute Gasteiger partial charge is 0.342 e. The monoisotopic (exact) mass is 378 g/mol. The molecule has 1 aliphatic rings. The minimum atomic E-state index is -0.716. The highest BCUT2D eigenvalue weighted by Gasteiger charge is 2.29. The molecule has 148 valence electrons. The van der Waals surface area contributed by atoms with Crippen molar-refractivity contribution in [1.82, 2.24) is 0 Å². The number of phenols is 1. The van der Waals surface area contributed by atoms with Crippen LogP contribution in [0.2, 0.25) is 0 Å². The third-order valence-corrected chi connectivity index (χ3v) is 4.71. The van der Waals surface area contributed by atoms with Crippen LogP contribution >= 0.6 is 0 Å². The lowest BCUT2D eigenvalue weighted by Gasteiger charge is -2.25. The van der Waals surface area contributed by atoms with E-state index in [1.807, 2.05) is 6.92 Å². The Morgan fingerprint density at radius 3 is 2.37 bits per heavy atom. The van der Waals surface area contributed by atoms with Gasteiger partial charge in [-0.1, -0.05) is 0 Å². The number of hydrogen-bond donors (Lipinski definition) is 1. The number of carbonyl (C=O) groups is 3. The lowest BCUT2D eigenvalue weighted by molar-refractivity contribution is -0.141. The minimum absolute atomic E-state index is 0.0285. The molecule has 27 heavy (non-hydrogen) atoms. The van der Waals surface area contributed by atoms with Gasteiger partial charge >= 0.3 is 11.9 Å². The Kier molecular flexibility index (Phi) is 7.79. The van der Waals surface area contributed by atoms with E-state index in [1.165, 1.54) is 18.2 Å². The Balaban J connectivity index is 1.94. The van der Waals surface area contributed by atoms with E-state index in [9.17, 15) is 19.5 Å². The molecule has 0 bridgehead atoms. The first kappa shape index (κ1) is 20.9. The molecule has 1 aromatic rings. The van der Waals surface area contributed by atoms with E-state index in [4.69, 9.17) is 14.2 Å². The van der Waals surface area contributed by atoms with Crippen molar-refractivity contribution < 1.29 is 33.7 Å². The molecule has 0 amide bonds. The van der Waals surface area contributed by atoms with Gasteiger partial charge in [-0.25, -0.2) is 4.79 Å². The van der Waals surface area contributed by atoms with Crippen molar-refractivity contribution in [2.75, 3.05) is 19.8 Å². The van der Waals surface area contributed by atoms with Crippen molar-refractivity contribution >= 4 is 17.7 Å². The molecular formula is C20H26O7. The number of phenolic OH excluding ortho intramolecular Hbond substituents is 1. The largest absolute Gasteiger partial charge is 0.507 e. The third kappa shape index (κ3) is 6.06. The maximum atomic E-state index is 12.4. The summed E-state index contributed by atoms with van der Waals surface area (Å²) in [5.41, 5.74) is -0.0721. The number of Topliss-reactive ketones (excluding diaryl/α,β-unsaturated/α-hetero) is 1. The maximum Gasteiger partial charge on any atom is 0.342 e. The van der Waals surface area contributed by atoms with Crippen LogP contribution in [0.1, 0.15) is 49.9 Å². The summed E-state index contributed by atoms with van der Waals surface area (Å²) in [6.07, 6.45) is 2.57. The van der Waals surface area contributed by atoms with E-state index in [0.29, 0.717) is 32.3 Å². The Hall–Kier alpha value is -2.41. The van der Waals surface area contributed by atoms with Crippen LogP contribution in [-0.4, -0.2) is 42.6 Å². The Morgan fingerprint density at radius 2 is 1.74 bits per heavy atom. The maximum absolute atomic E-state index is 12.4. The Morgan fingerprint density at radius 1 is 1.07 bits per heavy atom. The zero-order valence-corrected chi connectivity index (χ0v) is 15.7. The minimum Gasteiger partial charge on any atom is -0.507 e. The fourth-order valence-corrected chi connectivity index (χ4v) is 3.09. The molecule has 0 radical (unpaired) electrons. The van der Waals surface area contributed by atoms with Crippen molar-refractivity contribution in [2.24, 2.45) is 11.8 Å². The van der Waals surface area contributed by atoms with Gasteiger partial charge in [0.15, 0.2) is 0 Å². The number of carbonyl (C=O) groups excluding carboxylic acids is 3. The van der Waals surface area contributed by atoms with Gasteiger partial charge in [-0.2, -0.15) is 0 Å².